The third-order valence-electron chi connectivity index (χ3n) is 4.97. The molecule has 3 rings (SSSR count). The summed E-state index contributed by atoms with van der Waals surface area (Å²) in [5, 5.41) is 25.4. The van der Waals surface area contributed by atoms with Crippen LogP contribution in [0, 0.1) is 0 Å². The Bertz CT molecular complexity index is 989. The molecule has 2 aliphatic heterocycles. The number of rotatable bonds is 7. The van der Waals surface area contributed by atoms with E-state index < -0.39 is 60.2 Å². The van der Waals surface area contributed by atoms with Gasteiger partial charge in [-0.2, -0.15) is 0 Å². The van der Waals surface area contributed by atoms with Gasteiger partial charge in [-0.05, 0) is 25.5 Å². The first kappa shape index (κ1) is 21.9. The van der Waals surface area contributed by atoms with Gasteiger partial charge in [0.25, 0.3) is 11.8 Å². The van der Waals surface area contributed by atoms with Crippen molar-refractivity contribution in [2.45, 2.75) is 38.0 Å². The van der Waals surface area contributed by atoms with Crippen LogP contribution in [0.5, 0.6) is 0 Å². The number of carboxylic acids is 1. The minimum Gasteiger partial charge on any atom is -0.480 e. The number of piperidine rings is 1. The molecule has 12 nitrogen and oxygen atoms in total. The summed E-state index contributed by atoms with van der Waals surface area (Å²) in [5.41, 5.74) is 0.146. The maximum absolute atomic E-state index is 12.9. The Balaban J connectivity index is 1.76. The van der Waals surface area contributed by atoms with Gasteiger partial charge in [-0.3, -0.25) is 34.2 Å². The zero-order valence-electron chi connectivity index (χ0n) is 16.4. The fourth-order valence-corrected chi connectivity index (χ4v) is 3.45. The summed E-state index contributed by atoms with van der Waals surface area (Å²) in [7, 11) is 0. The molecular formula is C19H20N4O8. The number of aliphatic hydroxyl groups is 1. The molecule has 0 aromatic heterocycles. The number of aliphatic carboxylic acids is 1. The molecule has 31 heavy (non-hydrogen) atoms. The van der Waals surface area contributed by atoms with Gasteiger partial charge in [0.05, 0.1) is 23.8 Å². The second-order valence-electron chi connectivity index (χ2n) is 7.15. The molecule has 1 aromatic carbocycles. The van der Waals surface area contributed by atoms with Crippen LogP contribution in [0.2, 0.25) is 0 Å². The molecule has 1 unspecified atom stereocenters. The predicted octanol–water partition coefficient (Wildman–Crippen LogP) is -1.55. The molecule has 0 radical (unpaired) electrons. The minimum atomic E-state index is -1.51. The highest BCUT2D eigenvalue weighted by atomic mass is 16.4. The third kappa shape index (κ3) is 4.23. The van der Waals surface area contributed by atoms with Crippen molar-refractivity contribution in [1.29, 1.82) is 0 Å². The number of hydrogen-bond acceptors (Lipinski definition) is 8. The van der Waals surface area contributed by atoms with Gasteiger partial charge in [0.15, 0.2) is 6.04 Å². The molecule has 1 fully saturated rings. The van der Waals surface area contributed by atoms with Gasteiger partial charge in [0, 0.05) is 12.1 Å². The van der Waals surface area contributed by atoms with Crippen LogP contribution < -0.4 is 16.0 Å². The van der Waals surface area contributed by atoms with Gasteiger partial charge in [-0.1, -0.05) is 6.07 Å². The topological polar surface area (TPSA) is 182 Å². The fraction of sp³-hybridized carbons (Fsp3) is 0.368. The zero-order valence-corrected chi connectivity index (χ0v) is 16.4. The van der Waals surface area contributed by atoms with Crippen LogP contribution in [0.25, 0.3) is 0 Å². The quantitative estimate of drug-likeness (QED) is 0.318. The Labute approximate surface area is 175 Å². The molecule has 2 heterocycles. The van der Waals surface area contributed by atoms with Crippen molar-refractivity contribution in [2.24, 2.45) is 0 Å². The average Bonchev–Trinajstić information content (AvgIpc) is 2.95. The smallest absolute Gasteiger partial charge is 0.328 e. The van der Waals surface area contributed by atoms with E-state index in [-0.39, 0.29) is 29.7 Å². The van der Waals surface area contributed by atoms with Crippen molar-refractivity contribution in [3.63, 3.8) is 0 Å². The van der Waals surface area contributed by atoms with Gasteiger partial charge in [0.2, 0.25) is 17.7 Å². The van der Waals surface area contributed by atoms with Gasteiger partial charge in [-0.15, -0.1) is 0 Å². The lowest BCUT2D eigenvalue weighted by Gasteiger charge is -2.27. The number of carbonyl (C=O) groups excluding carboxylic acids is 5. The first-order chi connectivity index (χ1) is 14.6. The van der Waals surface area contributed by atoms with Crippen molar-refractivity contribution in [1.82, 2.24) is 15.5 Å². The molecule has 5 amide bonds. The van der Waals surface area contributed by atoms with Crippen LogP contribution in [-0.2, 0) is 19.2 Å². The standard InChI is InChI=1S/C19H20N4O8/c1-8(24)15(19(30)31)21-13(26)7-20-10-4-2-3-9-14(10)18(29)23(17(9)28)11-5-6-12(25)22-16(11)27/h2-4,8,11,15,20,24H,5-7H2,1H3,(H,21,26)(H,30,31)(H,22,25,27)/t8-,11?,15+/m1/s1. The highest BCUT2D eigenvalue weighted by Crippen LogP contribution is 2.32. The first-order valence-electron chi connectivity index (χ1n) is 9.40. The van der Waals surface area contributed by atoms with Gasteiger partial charge < -0.3 is 20.8 Å². The lowest BCUT2D eigenvalue weighted by molar-refractivity contribution is -0.144. The lowest BCUT2D eigenvalue weighted by Crippen LogP contribution is -2.54. The highest BCUT2D eigenvalue weighted by molar-refractivity contribution is 6.25. The molecule has 164 valence electrons. The molecule has 0 aliphatic carbocycles. The molecule has 0 spiro atoms. The molecule has 3 atom stereocenters. The molecule has 5 N–H and O–H groups in total. The molecule has 12 heteroatoms. The molecule has 2 aliphatic rings. The van der Waals surface area contributed by atoms with Crippen molar-refractivity contribution >= 4 is 41.2 Å². The van der Waals surface area contributed by atoms with Crippen molar-refractivity contribution in [3.05, 3.63) is 29.3 Å². The maximum Gasteiger partial charge on any atom is 0.328 e. The third-order valence-corrected chi connectivity index (χ3v) is 4.97. The summed E-state index contributed by atoms with van der Waals surface area (Å²) in [6.07, 6.45) is -1.33. The minimum absolute atomic E-state index is 0.0108. The number of amides is 5. The molecule has 1 saturated heterocycles. The van der Waals surface area contributed by atoms with E-state index in [1.165, 1.54) is 25.1 Å². The van der Waals surface area contributed by atoms with Crippen LogP contribution in [0.4, 0.5) is 5.69 Å². The predicted molar refractivity (Wildman–Crippen MR) is 103 cm³/mol. The number of anilines is 1. The van der Waals surface area contributed by atoms with E-state index in [1.54, 1.807) is 0 Å². The maximum atomic E-state index is 12.9. The summed E-state index contributed by atoms with van der Waals surface area (Å²) in [6.45, 7) is 0.775. The van der Waals surface area contributed by atoms with E-state index >= 15 is 0 Å². The van der Waals surface area contributed by atoms with Crippen LogP contribution in [0.3, 0.4) is 0 Å². The molecule has 0 saturated carbocycles. The Morgan fingerprint density at radius 1 is 1.23 bits per heavy atom. The fourth-order valence-electron chi connectivity index (χ4n) is 3.45. The normalized spacial score (nSPS) is 20.1. The van der Waals surface area contributed by atoms with Gasteiger partial charge >= 0.3 is 5.97 Å². The summed E-state index contributed by atoms with van der Waals surface area (Å²) >= 11 is 0. The van der Waals surface area contributed by atoms with E-state index in [4.69, 9.17) is 5.11 Å². The van der Waals surface area contributed by atoms with E-state index in [9.17, 15) is 33.9 Å². The summed E-state index contributed by atoms with van der Waals surface area (Å²) in [6, 6.07) is 1.70. The summed E-state index contributed by atoms with van der Waals surface area (Å²) in [5.74, 6) is -4.83. The lowest BCUT2D eigenvalue weighted by atomic mass is 10.0. The number of fused-ring (bicyclic) bond motifs is 1. The second kappa shape index (κ2) is 8.52. The number of nitrogens with zero attached hydrogens (tertiary/aromatic N) is 1. The van der Waals surface area contributed by atoms with Crippen molar-refractivity contribution in [2.75, 3.05) is 11.9 Å². The van der Waals surface area contributed by atoms with E-state index in [0.717, 1.165) is 4.90 Å². The Hall–Kier alpha value is -3.80. The number of carbonyl (C=O) groups is 6. The number of aliphatic hydroxyl groups excluding tert-OH is 1. The largest absolute Gasteiger partial charge is 0.480 e. The Morgan fingerprint density at radius 3 is 2.55 bits per heavy atom. The van der Waals surface area contributed by atoms with Gasteiger partial charge in [0.1, 0.15) is 6.04 Å². The second-order valence-corrected chi connectivity index (χ2v) is 7.15. The number of imide groups is 2. The van der Waals surface area contributed by atoms with Crippen LogP contribution in [0.15, 0.2) is 18.2 Å². The molecular weight excluding hydrogens is 412 g/mol. The van der Waals surface area contributed by atoms with Crippen LogP contribution in [0.1, 0.15) is 40.5 Å². The monoisotopic (exact) mass is 432 g/mol. The van der Waals surface area contributed by atoms with Crippen molar-refractivity contribution in [3.8, 4) is 0 Å². The van der Waals surface area contributed by atoms with E-state index in [2.05, 4.69) is 16.0 Å². The summed E-state index contributed by atoms with van der Waals surface area (Å²) in [4.78, 5) is 73.1. The van der Waals surface area contributed by atoms with E-state index in [0.29, 0.717) is 0 Å². The Morgan fingerprint density at radius 2 is 1.94 bits per heavy atom. The number of carboxylic acid groups (broad SMARTS) is 1. The first-order valence-corrected chi connectivity index (χ1v) is 9.40. The molecule has 0 bridgehead atoms. The number of hydrogen-bond donors (Lipinski definition) is 5. The van der Waals surface area contributed by atoms with Crippen molar-refractivity contribution < 1.29 is 39.0 Å². The summed E-state index contributed by atoms with van der Waals surface area (Å²) < 4.78 is 0. The zero-order chi connectivity index (χ0) is 22.9. The number of nitrogens with one attached hydrogen (secondary N) is 3. The highest BCUT2D eigenvalue weighted by Gasteiger charge is 2.45. The molecule has 1 aromatic rings. The SMILES string of the molecule is C[C@@H](O)[C@H](NC(=O)CNc1cccc2c1C(=O)N(C1CCC(=O)NC1=O)C2=O)C(=O)O. The Kier molecular flexibility index (Phi) is 6.02. The van der Waals surface area contributed by atoms with E-state index in [1.807, 2.05) is 0 Å². The van der Waals surface area contributed by atoms with Crippen LogP contribution >= 0.6 is 0 Å². The van der Waals surface area contributed by atoms with Gasteiger partial charge in [-0.25, -0.2) is 4.79 Å². The average molecular weight is 432 g/mol. The number of benzene rings is 1. The van der Waals surface area contributed by atoms with Crippen LogP contribution in [-0.4, -0.2) is 75.4 Å².